The highest BCUT2D eigenvalue weighted by molar-refractivity contribution is 5.68. The van der Waals surface area contributed by atoms with Crippen molar-refractivity contribution in [3.8, 4) is 23.0 Å². The van der Waals surface area contributed by atoms with Crippen molar-refractivity contribution in [3.63, 3.8) is 0 Å². The normalized spacial score (nSPS) is 20.5. The van der Waals surface area contributed by atoms with Crippen LogP contribution in [-0.2, 0) is 10.4 Å². The van der Waals surface area contributed by atoms with Gasteiger partial charge in [0, 0.05) is 11.1 Å². The Morgan fingerprint density at radius 3 is 2.48 bits per heavy atom. The molecule has 0 amide bonds. The van der Waals surface area contributed by atoms with Crippen molar-refractivity contribution < 1.29 is 18.8 Å². The lowest BCUT2D eigenvalue weighted by molar-refractivity contribution is -0.0319. The predicted octanol–water partition coefficient (Wildman–Crippen LogP) is 5.47. The first-order chi connectivity index (χ1) is 15.9. The summed E-state index contributed by atoms with van der Waals surface area (Å²) in [6.45, 7) is 6.00. The summed E-state index contributed by atoms with van der Waals surface area (Å²) in [5.74, 6) is 2.40. The Morgan fingerprint density at radius 1 is 1.00 bits per heavy atom. The van der Waals surface area contributed by atoms with Crippen molar-refractivity contribution in [2.24, 2.45) is 0 Å². The Labute approximate surface area is 193 Å². The molecular weight excluding hydrogens is 418 g/mol. The maximum atomic E-state index is 6.25. The second kappa shape index (κ2) is 8.56. The number of rotatable bonds is 6. The van der Waals surface area contributed by atoms with E-state index in [2.05, 4.69) is 21.7 Å². The van der Waals surface area contributed by atoms with Crippen molar-refractivity contribution in [1.29, 1.82) is 0 Å². The van der Waals surface area contributed by atoms with Gasteiger partial charge in [0.25, 0.3) is 5.89 Å². The Bertz CT molecular complexity index is 1180. The summed E-state index contributed by atoms with van der Waals surface area (Å²) in [4.78, 5) is 10.5. The Kier molecular flexibility index (Phi) is 5.58. The third kappa shape index (κ3) is 4.33. The van der Waals surface area contributed by atoms with Crippen LogP contribution in [0, 0.1) is 13.8 Å². The van der Waals surface area contributed by atoms with Gasteiger partial charge < -0.3 is 14.0 Å². The van der Waals surface area contributed by atoms with Gasteiger partial charge in [-0.25, -0.2) is 0 Å². The number of aryl methyl sites for hydroxylation is 2. The second-order valence-corrected chi connectivity index (χ2v) is 9.06. The molecule has 3 aromatic rings. The monoisotopic (exact) mass is 447 g/mol. The van der Waals surface area contributed by atoms with E-state index in [1.54, 1.807) is 7.11 Å². The van der Waals surface area contributed by atoms with Gasteiger partial charge in [-0.1, -0.05) is 22.3 Å². The van der Waals surface area contributed by atoms with Gasteiger partial charge in [-0.2, -0.15) is 4.98 Å². The SMILES string of the molecule is COc1ccc(C2=CC(C)(c3noc(-c4cc(C)cc(C)c4)n3)ON2)cc1OC1CCCC1. The van der Waals surface area contributed by atoms with Gasteiger partial charge in [0.15, 0.2) is 17.1 Å². The second-order valence-electron chi connectivity index (χ2n) is 9.06. The lowest BCUT2D eigenvalue weighted by Gasteiger charge is -2.17. The first-order valence-corrected chi connectivity index (χ1v) is 11.4. The van der Waals surface area contributed by atoms with Crippen LogP contribution in [0.2, 0.25) is 0 Å². The van der Waals surface area contributed by atoms with Gasteiger partial charge in [-0.3, -0.25) is 10.3 Å². The minimum Gasteiger partial charge on any atom is -0.493 e. The van der Waals surface area contributed by atoms with Crippen LogP contribution in [0.1, 0.15) is 55.1 Å². The zero-order valence-electron chi connectivity index (χ0n) is 19.5. The van der Waals surface area contributed by atoms with Gasteiger partial charge in [-0.05, 0) is 82.9 Å². The van der Waals surface area contributed by atoms with Crippen LogP contribution in [0.15, 0.2) is 47.0 Å². The van der Waals surface area contributed by atoms with E-state index in [0.29, 0.717) is 11.7 Å². The molecule has 1 aliphatic heterocycles. The molecule has 172 valence electrons. The molecule has 2 heterocycles. The molecule has 0 spiro atoms. The number of nitrogens with one attached hydrogen (secondary N) is 1. The maximum absolute atomic E-state index is 6.25. The van der Waals surface area contributed by atoms with Crippen LogP contribution in [0.3, 0.4) is 0 Å². The Morgan fingerprint density at radius 2 is 1.76 bits per heavy atom. The number of benzene rings is 2. The number of hydrogen-bond acceptors (Lipinski definition) is 7. The molecule has 2 aliphatic rings. The Hall–Kier alpha value is -3.32. The highest BCUT2D eigenvalue weighted by atomic mass is 16.7. The molecule has 1 saturated carbocycles. The number of hydrogen-bond donors (Lipinski definition) is 1. The summed E-state index contributed by atoms with van der Waals surface area (Å²) >= 11 is 0. The summed E-state index contributed by atoms with van der Waals surface area (Å²) < 4.78 is 17.3. The largest absolute Gasteiger partial charge is 0.493 e. The average molecular weight is 448 g/mol. The van der Waals surface area contributed by atoms with E-state index in [4.69, 9.17) is 18.8 Å². The van der Waals surface area contributed by atoms with Crippen LogP contribution in [-0.4, -0.2) is 23.4 Å². The van der Waals surface area contributed by atoms with Crippen LogP contribution < -0.4 is 15.0 Å². The number of hydroxylamine groups is 1. The van der Waals surface area contributed by atoms with Gasteiger partial charge in [0.05, 0.1) is 18.9 Å². The Balaban J connectivity index is 1.41. The lowest BCUT2D eigenvalue weighted by atomic mass is 10.0. The molecule has 1 N–H and O–H groups in total. The molecular formula is C26H29N3O4. The standard InChI is InChI=1S/C26H29N3O4/c1-16-11-17(2)13-19(12-16)24-27-25(29-32-24)26(3)15-21(28-33-26)18-9-10-22(30-4)23(14-18)31-20-7-5-6-8-20/h9-15,20,28H,5-8H2,1-4H3. The molecule has 2 aromatic carbocycles. The quantitative estimate of drug-likeness (QED) is 0.536. The first kappa shape index (κ1) is 21.5. The third-order valence-electron chi connectivity index (χ3n) is 6.20. The molecule has 0 bridgehead atoms. The van der Waals surface area contributed by atoms with Gasteiger partial charge >= 0.3 is 0 Å². The highest BCUT2D eigenvalue weighted by Gasteiger charge is 2.37. The molecule has 1 unspecified atom stereocenters. The van der Waals surface area contributed by atoms with Crippen molar-refractivity contribution in [3.05, 3.63) is 65.0 Å². The lowest BCUT2D eigenvalue weighted by Crippen LogP contribution is -2.24. The van der Waals surface area contributed by atoms with E-state index in [0.717, 1.165) is 52.3 Å². The topological polar surface area (TPSA) is 78.6 Å². The van der Waals surface area contributed by atoms with Crippen LogP contribution in [0.25, 0.3) is 17.2 Å². The third-order valence-corrected chi connectivity index (χ3v) is 6.20. The van der Waals surface area contributed by atoms with Crippen LogP contribution in [0.5, 0.6) is 11.5 Å². The van der Waals surface area contributed by atoms with Crippen molar-refractivity contribution in [1.82, 2.24) is 15.6 Å². The van der Waals surface area contributed by atoms with E-state index in [9.17, 15) is 0 Å². The van der Waals surface area contributed by atoms with E-state index >= 15 is 0 Å². The van der Waals surface area contributed by atoms with Gasteiger partial charge in [0.1, 0.15) is 0 Å². The molecule has 5 rings (SSSR count). The predicted molar refractivity (Wildman–Crippen MR) is 125 cm³/mol. The minimum absolute atomic E-state index is 0.240. The fourth-order valence-corrected chi connectivity index (χ4v) is 4.51. The summed E-state index contributed by atoms with van der Waals surface area (Å²) in [7, 11) is 1.66. The molecule has 1 atom stereocenters. The molecule has 0 saturated heterocycles. The van der Waals surface area contributed by atoms with Gasteiger partial charge in [0.2, 0.25) is 5.82 Å². The summed E-state index contributed by atoms with van der Waals surface area (Å²) in [6.07, 6.45) is 6.78. The smallest absolute Gasteiger partial charge is 0.258 e. The summed E-state index contributed by atoms with van der Waals surface area (Å²) in [5.41, 5.74) is 7.10. The molecule has 1 fully saturated rings. The average Bonchev–Trinajstić information content (AvgIpc) is 3.55. The van der Waals surface area contributed by atoms with Crippen molar-refractivity contribution >= 4 is 5.70 Å². The molecule has 1 aromatic heterocycles. The summed E-state index contributed by atoms with van der Waals surface area (Å²) in [6, 6.07) is 12.1. The van der Waals surface area contributed by atoms with Crippen molar-refractivity contribution in [2.75, 3.05) is 7.11 Å². The van der Waals surface area contributed by atoms with E-state index in [-0.39, 0.29) is 6.10 Å². The fourth-order valence-electron chi connectivity index (χ4n) is 4.51. The number of ether oxygens (including phenoxy) is 2. The molecule has 1 aliphatic carbocycles. The first-order valence-electron chi connectivity index (χ1n) is 11.4. The minimum atomic E-state index is -0.873. The van der Waals surface area contributed by atoms with E-state index in [1.807, 2.05) is 57.2 Å². The fraction of sp³-hybridized carbons (Fsp3) is 0.385. The van der Waals surface area contributed by atoms with E-state index < -0.39 is 5.60 Å². The van der Waals surface area contributed by atoms with Gasteiger partial charge in [-0.15, -0.1) is 0 Å². The summed E-state index contributed by atoms with van der Waals surface area (Å²) in [5, 5.41) is 4.21. The van der Waals surface area contributed by atoms with E-state index in [1.165, 1.54) is 12.8 Å². The van der Waals surface area contributed by atoms with Crippen LogP contribution >= 0.6 is 0 Å². The number of aromatic nitrogens is 2. The molecule has 33 heavy (non-hydrogen) atoms. The maximum Gasteiger partial charge on any atom is 0.258 e. The number of methoxy groups -OCH3 is 1. The zero-order chi connectivity index (χ0) is 23.0. The number of nitrogens with zero attached hydrogens (tertiary/aromatic N) is 2. The van der Waals surface area contributed by atoms with Crippen molar-refractivity contribution in [2.45, 2.75) is 58.2 Å². The molecule has 7 heteroatoms. The van der Waals surface area contributed by atoms with Crippen LogP contribution in [0.4, 0.5) is 0 Å². The highest BCUT2D eigenvalue weighted by Crippen LogP contribution is 2.38. The molecule has 7 nitrogen and oxygen atoms in total. The zero-order valence-corrected chi connectivity index (χ0v) is 19.5. The molecule has 0 radical (unpaired) electrons.